The third-order valence-corrected chi connectivity index (χ3v) is 0.211. The standard InChI is InChI=1S/C3H7NO.H2O4S/c1-4(2)3-5;1-5(2,3)4/h3H,1-2H3;(H2,1,2,3,4). The maximum atomic E-state index is 9.43. The average molecular weight is 171 g/mol. The summed E-state index contributed by atoms with van der Waals surface area (Å²) in [5.41, 5.74) is 0. The smallest absolute Gasteiger partial charge is 0.351 e. The van der Waals surface area contributed by atoms with Gasteiger partial charge in [0.2, 0.25) is 6.41 Å². The molecule has 0 aliphatic heterocycles. The molecule has 62 valence electrons. The first-order chi connectivity index (χ1) is 4.27. The molecule has 0 aliphatic rings. The van der Waals surface area contributed by atoms with E-state index in [9.17, 15) is 4.79 Å². The van der Waals surface area contributed by atoms with E-state index in [1.165, 1.54) is 4.90 Å². The van der Waals surface area contributed by atoms with Crippen molar-refractivity contribution in [3.8, 4) is 0 Å². The molecule has 0 spiro atoms. The van der Waals surface area contributed by atoms with E-state index in [0.717, 1.165) is 6.41 Å². The summed E-state index contributed by atoms with van der Waals surface area (Å²) in [7, 11) is -1.29. The molecule has 0 unspecified atom stereocenters. The van der Waals surface area contributed by atoms with Crippen molar-refractivity contribution in [1.29, 1.82) is 0 Å². The topological polar surface area (TPSA) is 94.9 Å². The van der Waals surface area contributed by atoms with Gasteiger partial charge in [0.05, 0.1) is 0 Å². The lowest BCUT2D eigenvalue weighted by atomic mass is 11.0. The van der Waals surface area contributed by atoms with E-state index in [0.29, 0.717) is 0 Å². The fourth-order valence-electron chi connectivity index (χ4n) is 0. The Kier molecular flexibility index (Phi) is 6.21. The maximum absolute atomic E-state index is 9.43. The lowest BCUT2D eigenvalue weighted by Crippen LogP contribution is -2.06. The molecule has 0 atom stereocenters. The van der Waals surface area contributed by atoms with Crippen LogP contribution in [0.5, 0.6) is 0 Å². The maximum Gasteiger partial charge on any atom is 0.394 e. The van der Waals surface area contributed by atoms with Crippen LogP contribution in [0.2, 0.25) is 0 Å². The van der Waals surface area contributed by atoms with Crippen LogP contribution in [0.4, 0.5) is 0 Å². The summed E-state index contributed by atoms with van der Waals surface area (Å²) in [4.78, 5) is 10.9. The molecule has 2 N–H and O–H groups in total. The minimum Gasteiger partial charge on any atom is -0.351 e. The van der Waals surface area contributed by atoms with Crippen molar-refractivity contribution in [2.45, 2.75) is 0 Å². The summed E-state index contributed by atoms with van der Waals surface area (Å²) in [6, 6.07) is 0. The highest BCUT2D eigenvalue weighted by atomic mass is 32.3. The van der Waals surface area contributed by atoms with E-state index in [2.05, 4.69) is 0 Å². The van der Waals surface area contributed by atoms with Gasteiger partial charge in [-0.05, 0) is 0 Å². The zero-order chi connectivity index (χ0) is 8.78. The minimum atomic E-state index is -4.67. The molecule has 10 heavy (non-hydrogen) atoms. The van der Waals surface area contributed by atoms with E-state index in [-0.39, 0.29) is 0 Å². The number of nitrogens with zero attached hydrogens (tertiary/aromatic N) is 1. The molecule has 7 heteroatoms. The second-order valence-corrected chi connectivity index (χ2v) is 2.41. The van der Waals surface area contributed by atoms with Gasteiger partial charge in [0.1, 0.15) is 0 Å². The number of hydrogen-bond donors (Lipinski definition) is 2. The number of amides is 1. The van der Waals surface area contributed by atoms with Gasteiger partial charge in [-0.25, -0.2) is 0 Å². The van der Waals surface area contributed by atoms with Crippen LogP contribution in [-0.2, 0) is 15.2 Å². The third-order valence-electron chi connectivity index (χ3n) is 0.211. The van der Waals surface area contributed by atoms with E-state index < -0.39 is 10.4 Å². The van der Waals surface area contributed by atoms with Gasteiger partial charge in [-0.3, -0.25) is 13.9 Å². The molecule has 0 aromatic carbocycles. The van der Waals surface area contributed by atoms with Crippen LogP contribution in [-0.4, -0.2) is 42.9 Å². The first kappa shape index (κ1) is 12.1. The fourth-order valence-corrected chi connectivity index (χ4v) is 0. The molecule has 0 heterocycles. The van der Waals surface area contributed by atoms with Crippen molar-refractivity contribution >= 4 is 16.8 Å². The fraction of sp³-hybridized carbons (Fsp3) is 0.667. The van der Waals surface area contributed by atoms with Crippen LogP contribution in [0.1, 0.15) is 0 Å². The molecule has 0 radical (unpaired) electrons. The molecule has 0 fully saturated rings. The molecule has 6 nitrogen and oxygen atoms in total. The molecule has 0 aromatic rings. The summed E-state index contributed by atoms with van der Waals surface area (Å²) in [6.45, 7) is 0. The van der Waals surface area contributed by atoms with Crippen molar-refractivity contribution in [3.05, 3.63) is 0 Å². The molecule has 0 rings (SSSR count). The first-order valence-electron chi connectivity index (χ1n) is 2.09. The van der Waals surface area contributed by atoms with Crippen molar-refractivity contribution in [1.82, 2.24) is 4.90 Å². The minimum absolute atomic E-state index is 0.750. The summed E-state index contributed by atoms with van der Waals surface area (Å²) < 4.78 is 31.6. The summed E-state index contributed by atoms with van der Waals surface area (Å²) in [6.07, 6.45) is 0.750. The zero-order valence-corrected chi connectivity index (χ0v) is 6.37. The Hall–Kier alpha value is -0.660. The van der Waals surface area contributed by atoms with Crippen molar-refractivity contribution in [2.75, 3.05) is 14.1 Å². The number of carbonyl (C=O) groups excluding carboxylic acids is 1. The Bertz CT molecular complexity index is 163. The normalized spacial score (nSPS) is 9.20. The van der Waals surface area contributed by atoms with Crippen LogP contribution in [0, 0.1) is 0 Å². The monoisotopic (exact) mass is 171 g/mol. The Morgan fingerprint density at radius 1 is 1.30 bits per heavy atom. The molecule has 0 aliphatic carbocycles. The van der Waals surface area contributed by atoms with Gasteiger partial charge in [0.15, 0.2) is 0 Å². The highest BCUT2D eigenvalue weighted by molar-refractivity contribution is 7.79. The van der Waals surface area contributed by atoms with Gasteiger partial charge >= 0.3 is 10.4 Å². The lowest BCUT2D eigenvalue weighted by Gasteiger charge is -1.93. The average Bonchev–Trinajstić information content (AvgIpc) is 1.61. The Labute approximate surface area is 59.0 Å². The zero-order valence-electron chi connectivity index (χ0n) is 5.55. The van der Waals surface area contributed by atoms with Crippen LogP contribution in [0.15, 0.2) is 0 Å². The van der Waals surface area contributed by atoms with E-state index in [4.69, 9.17) is 17.5 Å². The predicted molar refractivity (Wildman–Crippen MR) is 33.9 cm³/mol. The van der Waals surface area contributed by atoms with Gasteiger partial charge in [0.25, 0.3) is 0 Å². The highest BCUT2D eigenvalue weighted by Gasteiger charge is 1.84. The quantitative estimate of drug-likeness (QED) is 0.392. The second kappa shape index (κ2) is 5.15. The van der Waals surface area contributed by atoms with Crippen LogP contribution < -0.4 is 0 Å². The summed E-state index contributed by atoms with van der Waals surface area (Å²) in [5.74, 6) is 0. The highest BCUT2D eigenvalue weighted by Crippen LogP contribution is 1.59. The molecule has 1 amide bonds. The van der Waals surface area contributed by atoms with Crippen LogP contribution in [0.25, 0.3) is 0 Å². The predicted octanol–water partition coefficient (Wildman–Crippen LogP) is -0.948. The first-order valence-corrected chi connectivity index (χ1v) is 3.48. The molecule has 0 bridgehead atoms. The van der Waals surface area contributed by atoms with Gasteiger partial charge in [-0.1, -0.05) is 0 Å². The van der Waals surface area contributed by atoms with Crippen molar-refractivity contribution in [2.24, 2.45) is 0 Å². The molecule has 0 saturated heterocycles. The second-order valence-electron chi connectivity index (χ2n) is 1.52. The van der Waals surface area contributed by atoms with Crippen LogP contribution >= 0.6 is 0 Å². The van der Waals surface area contributed by atoms with Gasteiger partial charge < -0.3 is 4.90 Å². The number of carbonyl (C=O) groups is 1. The number of rotatable bonds is 1. The third kappa shape index (κ3) is 164. The van der Waals surface area contributed by atoms with E-state index in [1.54, 1.807) is 14.1 Å². The molecular weight excluding hydrogens is 162 g/mol. The Balaban J connectivity index is 0. The lowest BCUT2D eigenvalue weighted by molar-refractivity contribution is -0.115. The molecule has 0 aromatic heterocycles. The summed E-state index contributed by atoms with van der Waals surface area (Å²) >= 11 is 0. The van der Waals surface area contributed by atoms with E-state index >= 15 is 0 Å². The summed E-state index contributed by atoms with van der Waals surface area (Å²) in [5, 5.41) is 0. The Morgan fingerprint density at radius 3 is 1.40 bits per heavy atom. The molecule has 0 saturated carbocycles. The number of hydrogen-bond acceptors (Lipinski definition) is 3. The van der Waals surface area contributed by atoms with E-state index in [1.807, 2.05) is 0 Å². The van der Waals surface area contributed by atoms with Crippen molar-refractivity contribution in [3.63, 3.8) is 0 Å². The van der Waals surface area contributed by atoms with Crippen molar-refractivity contribution < 1.29 is 22.3 Å². The Morgan fingerprint density at radius 2 is 1.40 bits per heavy atom. The van der Waals surface area contributed by atoms with Gasteiger partial charge in [-0.2, -0.15) is 8.42 Å². The van der Waals surface area contributed by atoms with Gasteiger partial charge in [-0.15, -0.1) is 0 Å². The van der Waals surface area contributed by atoms with Gasteiger partial charge in [0, 0.05) is 14.1 Å². The SMILES string of the molecule is CN(C)C=O.O=S(=O)(O)O. The largest absolute Gasteiger partial charge is 0.394 e. The van der Waals surface area contributed by atoms with Crippen LogP contribution in [0.3, 0.4) is 0 Å². The molecular formula is C3H9NO5S.